The highest BCUT2D eigenvalue weighted by molar-refractivity contribution is 6.31. The predicted octanol–water partition coefficient (Wildman–Crippen LogP) is 4.02. The molecule has 0 radical (unpaired) electrons. The molecule has 0 spiro atoms. The van der Waals surface area contributed by atoms with E-state index in [1.54, 1.807) is 35.0 Å². The Bertz CT molecular complexity index is 817. The highest BCUT2D eigenvalue weighted by Gasteiger charge is 2.12. The average molecular weight is 325 g/mol. The topological polar surface area (TPSA) is 38.1 Å². The minimum absolute atomic E-state index is 0.201. The summed E-state index contributed by atoms with van der Waals surface area (Å²) in [4.78, 5) is 0. The fourth-order valence-corrected chi connectivity index (χ4v) is 2.60. The molecule has 108 valence electrons. The van der Waals surface area contributed by atoms with Crippen molar-refractivity contribution >= 4 is 34.1 Å². The number of benzene rings is 2. The predicted molar refractivity (Wildman–Crippen MR) is 81.2 cm³/mol. The molecule has 3 nitrogen and oxygen atoms in total. The van der Waals surface area contributed by atoms with Crippen molar-refractivity contribution < 1.29 is 9.50 Å². The molecule has 0 atom stereocenters. The van der Waals surface area contributed by atoms with Crippen LogP contribution in [0.2, 0.25) is 10.0 Å². The van der Waals surface area contributed by atoms with Crippen LogP contribution in [0.3, 0.4) is 0 Å². The van der Waals surface area contributed by atoms with E-state index in [0.717, 1.165) is 10.9 Å². The van der Waals surface area contributed by atoms with Gasteiger partial charge in [-0.2, -0.15) is 5.10 Å². The number of rotatable bonds is 3. The summed E-state index contributed by atoms with van der Waals surface area (Å²) in [7, 11) is 0. The summed E-state index contributed by atoms with van der Waals surface area (Å²) in [6.45, 7) is 0.0497. The van der Waals surface area contributed by atoms with Crippen LogP contribution in [-0.2, 0) is 13.2 Å². The zero-order valence-electron chi connectivity index (χ0n) is 10.9. The number of hydrogen-bond acceptors (Lipinski definition) is 2. The van der Waals surface area contributed by atoms with E-state index in [2.05, 4.69) is 5.10 Å². The number of nitrogens with zero attached hydrogens (tertiary/aromatic N) is 2. The van der Waals surface area contributed by atoms with E-state index in [9.17, 15) is 9.50 Å². The summed E-state index contributed by atoms with van der Waals surface area (Å²) >= 11 is 11.7. The second kappa shape index (κ2) is 5.64. The highest BCUT2D eigenvalue weighted by Crippen LogP contribution is 2.24. The molecular weight excluding hydrogens is 314 g/mol. The molecule has 21 heavy (non-hydrogen) atoms. The highest BCUT2D eigenvalue weighted by atomic mass is 35.5. The number of aromatic nitrogens is 2. The fourth-order valence-electron chi connectivity index (χ4n) is 2.27. The van der Waals surface area contributed by atoms with E-state index in [0.29, 0.717) is 21.3 Å². The van der Waals surface area contributed by atoms with E-state index in [-0.39, 0.29) is 19.0 Å². The van der Waals surface area contributed by atoms with E-state index in [4.69, 9.17) is 23.2 Å². The minimum atomic E-state index is -0.384. The summed E-state index contributed by atoms with van der Waals surface area (Å²) in [6, 6.07) is 9.81. The van der Waals surface area contributed by atoms with E-state index in [1.165, 1.54) is 6.07 Å². The van der Waals surface area contributed by atoms with Crippen LogP contribution in [0.25, 0.3) is 10.9 Å². The Morgan fingerprint density at radius 3 is 2.52 bits per heavy atom. The molecule has 3 rings (SSSR count). The van der Waals surface area contributed by atoms with Crippen LogP contribution in [0.15, 0.2) is 36.4 Å². The number of halogens is 3. The SMILES string of the molecule is OCc1nn(Cc2ccc(Cl)cc2F)c2ccc(Cl)cc12. The quantitative estimate of drug-likeness (QED) is 0.790. The molecule has 0 aliphatic heterocycles. The van der Waals surface area contributed by atoms with Crippen molar-refractivity contribution in [2.45, 2.75) is 13.2 Å². The lowest BCUT2D eigenvalue weighted by molar-refractivity contribution is 0.276. The van der Waals surface area contributed by atoms with Gasteiger partial charge in [-0.3, -0.25) is 4.68 Å². The van der Waals surface area contributed by atoms with Crippen LogP contribution in [0, 0.1) is 5.82 Å². The molecule has 2 aromatic carbocycles. The standard InChI is InChI=1S/C15H11Cl2FN2O/c16-10-3-4-15-12(5-10)14(8-21)19-20(15)7-9-1-2-11(17)6-13(9)18/h1-6,21H,7-8H2. The fraction of sp³-hybridized carbons (Fsp3) is 0.133. The first-order valence-electron chi connectivity index (χ1n) is 6.28. The van der Waals surface area contributed by atoms with Crippen molar-refractivity contribution in [1.82, 2.24) is 9.78 Å². The first kappa shape index (κ1) is 14.3. The Hall–Kier alpha value is -1.62. The minimum Gasteiger partial charge on any atom is -0.390 e. The van der Waals surface area contributed by atoms with Gasteiger partial charge in [-0.1, -0.05) is 29.3 Å². The molecule has 0 unspecified atom stereocenters. The lowest BCUT2D eigenvalue weighted by atomic mass is 10.2. The molecule has 0 fully saturated rings. The molecule has 1 N–H and O–H groups in total. The lowest BCUT2D eigenvalue weighted by Gasteiger charge is -2.05. The Morgan fingerprint density at radius 2 is 1.81 bits per heavy atom. The van der Waals surface area contributed by atoms with Gasteiger partial charge in [0.05, 0.1) is 24.4 Å². The van der Waals surface area contributed by atoms with Gasteiger partial charge in [-0.05, 0) is 30.3 Å². The molecule has 1 heterocycles. The Morgan fingerprint density at radius 1 is 1.10 bits per heavy atom. The Labute approximate surface area is 130 Å². The Balaban J connectivity index is 2.08. The lowest BCUT2D eigenvalue weighted by Crippen LogP contribution is -2.04. The zero-order valence-corrected chi connectivity index (χ0v) is 12.4. The second-order valence-corrected chi connectivity index (χ2v) is 5.53. The third-order valence-electron chi connectivity index (χ3n) is 3.27. The molecule has 1 aromatic heterocycles. The van der Waals surface area contributed by atoms with Gasteiger partial charge in [0.1, 0.15) is 5.82 Å². The summed E-state index contributed by atoms with van der Waals surface area (Å²) < 4.78 is 15.5. The van der Waals surface area contributed by atoms with Gasteiger partial charge in [0.25, 0.3) is 0 Å². The molecule has 3 aromatic rings. The molecule has 0 aliphatic carbocycles. The van der Waals surface area contributed by atoms with Gasteiger partial charge in [0.2, 0.25) is 0 Å². The third kappa shape index (κ3) is 2.75. The maximum atomic E-state index is 13.9. The van der Waals surface area contributed by atoms with Gasteiger partial charge in [-0.15, -0.1) is 0 Å². The van der Waals surface area contributed by atoms with Crippen molar-refractivity contribution in [3.05, 3.63) is 63.5 Å². The second-order valence-electron chi connectivity index (χ2n) is 4.66. The van der Waals surface area contributed by atoms with Gasteiger partial charge >= 0.3 is 0 Å². The van der Waals surface area contributed by atoms with Crippen molar-refractivity contribution in [1.29, 1.82) is 0 Å². The maximum absolute atomic E-state index is 13.9. The molecule has 0 saturated carbocycles. The first-order chi connectivity index (χ1) is 10.1. The summed E-state index contributed by atoms with van der Waals surface area (Å²) in [6.07, 6.45) is 0. The van der Waals surface area contributed by atoms with Crippen LogP contribution in [0.1, 0.15) is 11.3 Å². The number of aliphatic hydroxyl groups is 1. The molecule has 0 saturated heterocycles. The normalized spacial score (nSPS) is 11.2. The zero-order chi connectivity index (χ0) is 15.0. The van der Waals surface area contributed by atoms with E-state index < -0.39 is 0 Å². The summed E-state index contributed by atoms with van der Waals surface area (Å²) in [5.74, 6) is -0.384. The third-order valence-corrected chi connectivity index (χ3v) is 3.74. The molecule has 0 bridgehead atoms. The van der Waals surface area contributed by atoms with E-state index >= 15 is 0 Å². The van der Waals surface area contributed by atoms with Crippen LogP contribution in [0.5, 0.6) is 0 Å². The molecule has 0 amide bonds. The molecular formula is C15H11Cl2FN2O. The van der Waals surface area contributed by atoms with Gasteiger partial charge < -0.3 is 5.11 Å². The number of hydrogen-bond donors (Lipinski definition) is 1. The van der Waals surface area contributed by atoms with Crippen molar-refractivity contribution in [3.63, 3.8) is 0 Å². The van der Waals surface area contributed by atoms with Gasteiger partial charge in [0, 0.05) is 21.0 Å². The largest absolute Gasteiger partial charge is 0.390 e. The Kier molecular flexibility index (Phi) is 3.85. The number of fused-ring (bicyclic) bond motifs is 1. The maximum Gasteiger partial charge on any atom is 0.129 e. The van der Waals surface area contributed by atoms with Crippen LogP contribution < -0.4 is 0 Å². The first-order valence-corrected chi connectivity index (χ1v) is 7.04. The summed E-state index contributed by atoms with van der Waals surface area (Å²) in [5, 5.41) is 15.4. The van der Waals surface area contributed by atoms with Crippen molar-refractivity contribution in [3.8, 4) is 0 Å². The van der Waals surface area contributed by atoms with Crippen LogP contribution in [-0.4, -0.2) is 14.9 Å². The van der Waals surface area contributed by atoms with Gasteiger partial charge in [0.15, 0.2) is 0 Å². The van der Waals surface area contributed by atoms with Crippen molar-refractivity contribution in [2.24, 2.45) is 0 Å². The van der Waals surface area contributed by atoms with Crippen LogP contribution in [0.4, 0.5) is 4.39 Å². The van der Waals surface area contributed by atoms with Crippen LogP contribution >= 0.6 is 23.2 Å². The van der Waals surface area contributed by atoms with Gasteiger partial charge in [-0.25, -0.2) is 4.39 Å². The van der Waals surface area contributed by atoms with Crippen molar-refractivity contribution in [2.75, 3.05) is 0 Å². The monoisotopic (exact) mass is 324 g/mol. The average Bonchev–Trinajstić information content (AvgIpc) is 2.79. The molecule has 0 aliphatic rings. The smallest absolute Gasteiger partial charge is 0.129 e. The molecule has 6 heteroatoms. The summed E-state index contributed by atoms with van der Waals surface area (Å²) in [5.41, 5.74) is 1.78. The van der Waals surface area contributed by atoms with E-state index in [1.807, 2.05) is 0 Å². The number of aliphatic hydroxyl groups excluding tert-OH is 1.